The fraction of sp³-hybridized carbons (Fsp3) is 0.500. The second-order valence-electron chi connectivity index (χ2n) is 11.7. The molecule has 0 bridgehead atoms. The Kier molecular flexibility index (Phi) is 6.89. The smallest absolute Gasteiger partial charge is 0.370 e. The molecule has 1 spiro atoms. The van der Waals surface area contributed by atoms with Gasteiger partial charge in [0.2, 0.25) is 0 Å². The topological polar surface area (TPSA) is 84.3 Å². The minimum Gasteiger partial charge on any atom is -0.370 e. The highest BCUT2D eigenvalue weighted by Gasteiger charge is 2.53. The van der Waals surface area contributed by atoms with Gasteiger partial charge in [0.05, 0.1) is 22.8 Å². The van der Waals surface area contributed by atoms with Crippen molar-refractivity contribution in [2.75, 3.05) is 29.9 Å². The van der Waals surface area contributed by atoms with Crippen LogP contribution in [0.25, 0.3) is 11.0 Å². The number of aromatic nitrogens is 3. The van der Waals surface area contributed by atoms with E-state index < -0.39 is 25.8 Å². The number of pyridine rings is 1. The van der Waals surface area contributed by atoms with Gasteiger partial charge in [0.1, 0.15) is 6.73 Å². The first-order valence-corrected chi connectivity index (χ1v) is 16.5. The van der Waals surface area contributed by atoms with Gasteiger partial charge in [-0.05, 0) is 43.2 Å². The number of hydrogen-bond donors (Lipinski definition) is 2. The molecule has 0 unspecified atom stereocenters. The highest BCUT2D eigenvalue weighted by atomic mass is 28.3. The van der Waals surface area contributed by atoms with Gasteiger partial charge in [0.25, 0.3) is 0 Å². The number of benzene rings is 1. The summed E-state index contributed by atoms with van der Waals surface area (Å²) in [5.74, 6) is 0. The summed E-state index contributed by atoms with van der Waals surface area (Å²) in [6.45, 7) is 9.81. The summed E-state index contributed by atoms with van der Waals surface area (Å²) in [6, 6.07) is 7.24. The number of nitrogens with one attached hydrogen (secondary N) is 2. The summed E-state index contributed by atoms with van der Waals surface area (Å²) in [4.78, 5) is 19.2. The van der Waals surface area contributed by atoms with Crippen LogP contribution >= 0.6 is 0 Å². The Balaban J connectivity index is 1.11. The molecule has 1 aromatic carbocycles. The van der Waals surface area contributed by atoms with E-state index in [2.05, 4.69) is 45.3 Å². The first-order valence-electron chi connectivity index (χ1n) is 12.8. The predicted octanol–water partition coefficient (Wildman–Crippen LogP) is 5.55. The maximum absolute atomic E-state index is 12.9. The zero-order chi connectivity index (χ0) is 27.1. The minimum atomic E-state index is -4.45. The van der Waals surface area contributed by atoms with Crippen LogP contribution < -0.4 is 15.5 Å². The molecule has 3 aromatic rings. The SMILES string of the molecule is C[Si](C)(C)CCOCn1ncc2c(N3CC4(CC(NC(=O)Nc5cccc(C(F)(F)F)c5)C4)C3)ccnc21. The molecule has 2 amide bonds. The lowest BCUT2D eigenvalue weighted by Crippen LogP contribution is -2.67. The molecular formula is C26H33F3N6O2Si. The van der Waals surface area contributed by atoms with Gasteiger partial charge in [-0.3, -0.25) is 0 Å². The molecular weight excluding hydrogens is 513 g/mol. The lowest BCUT2D eigenvalue weighted by atomic mass is 9.60. The van der Waals surface area contributed by atoms with Gasteiger partial charge in [0, 0.05) is 51.1 Å². The maximum atomic E-state index is 12.9. The summed E-state index contributed by atoms with van der Waals surface area (Å²) in [5.41, 5.74) is 1.35. The second-order valence-corrected chi connectivity index (χ2v) is 17.3. The van der Waals surface area contributed by atoms with E-state index >= 15 is 0 Å². The van der Waals surface area contributed by atoms with Crippen LogP contribution in [0.1, 0.15) is 18.4 Å². The molecule has 12 heteroatoms. The minimum absolute atomic E-state index is 0.00327. The van der Waals surface area contributed by atoms with Crippen molar-refractivity contribution in [1.82, 2.24) is 20.1 Å². The molecule has 1 saturated carbocycles. The largest absolute Gasteiger partial charge is 0.416 e. The van der Waals surface area contributed by atoms with Gasteiger partial charge < -0.3 is 20.3 Å². The van der Waals surface area contributed by atoms with Crippen LogP contribution in [0.4, 0.5) is 29.3 Å². The average molecular weight is 547 g/mol. The van der Waals surface area contributed by atoms with Gasteiger partial charge in [-0.2, -0.15) is 18.3 Å². The molecule has 204 valence electrons. The van der Waals surface area contributed by atoms with Gasteiger partial charge in [-0.15, -0.1) is 0 Å². The highest BCUT2D eigenvalue weighted by molar-refractivity contribution is 6.76. The number of alkyl halides is 3. The predicted molar refractivity (Wildman–Crippen MR) is 143 cm³/mol. The fourth-order valence-electron chi connectivity index (χ4n) is 5.27. The number of carbonyl (C=O) groups is 1. The Morgan fingerprint density at radius 3 is 2.68 bits per heavy atom. The van der Waals surface area contributed by atoms with Crippen molar-refractivity contribution in [3.05, 3.63) is 48.3 Å². The van der Waals surface area contributed by atoms with Gasteiger partial charge >= 0.3 is 12.2 Å². The van der Waals surface area contributed by atoms with E-state index in [0.29, 0.717) is 6.73 Å². The summed E-state index contributed by atoms with van der Waals surface area (Å²) in [7, 11) is -1.15. The van der Waals surface area contributed by atoms with E-state index in [9.17, 15) is 18.0 Å². The lowest BCUT2D eigenvalue weighted by Gasteiger charge is -2.60. The van der Waals surface area contributed by atoms with E-state index in [4.69, 9.17) is 4.74 Å². The Hall–Kier alpha value is -3.12. The van der Waals surface area contributed by atoms with Crippen LogP contribution in [0.3, 0.4) is 0 Å². The highest BCUT2D eigenvalue weighted by Crippen LogP contribution is 2.50. The monoisotopic (exact) mass is 546 g/mol. The van der Waals surface area contributed by atoms with Crippen molar-refractivity contribution in [2.24, 2.45) is 5.41 Å². The van der Waals surface area contributed by atoms with Crippen LogP contribution in [-0.2, 0) is 17.6 Å². The Labute approximate surface area is 220 Å². The van der Waals surface area contributed by atoms with Gasteiger partial charge in [0.15, 0.2) is 5.65 Å². The van der Waals surface area contributed by atoms with E-state index in [-0.39, 0.29) is 17.1 Å². The molecule has 0 atom stereocenters. The molecule has 1 aliphatic carbocycles. The summed E-state index contributed by atoms with van der Waals surface area (Å²) < 4.78 is 46.4. The van der Waals surface area contributed by atoms with Crippen molar-refractivity contribution < 1.29 is 22.7 Å². The van der Waals surface area contributed by atoms with E-state index in [1.54, 1.807) is 10.9 Å². The van der Waals surface area contributed by atoms with Crippen LogP contribution in [0.2, 0.25) is 25.7 Å². The van der Waals surface area contributed by atoms with Crippen LogP contribution in [0.15, 0.2) is 42.7 Å². The molecule has 0 radical (unpaired) electrons. The molecule has 1 saturated heterocycles. The molecule has 2 N–H and O–H groups in total. The van der Waals surface area contributed by atoms with Crippen LogP contribution in [0, 0.1) is 5.41 Å². The van der Waals surface area contributed by atoms with Crippen LogP contribution in [-0.4, -0.2) is 54.6 Å². The third-order valence-electron chi connectivity index (χ3n) is 7.26. The van der Waals surface area contributed by atoms with Crippen molar-refractivity contribution in [3.8, 4) is 0 Å². The number of hydrogen-bond acceptors (Lipinski definition) is 5. The standard InChI is InChI=1S/C26H33F3N6O2Si/c1-38(2,3)10-9-37-17-35-23-21(14-31-35)22(7-8-30-23)34-15-25(16-34)12-20(13-25)33-24(36)32-19-6-4-5-18(11-19)26(27,28)29/h4-8,11,14,20H,9-10,12-13,15-17H2,1-3H3,(H2,32,33,36). The number of carbonyl (C=O) groups excluding carboxylic acids is 1. The molecule has 3 heterocycles. The molecule has 38 heavy (non-hydrogen) atoms. The molecule has 1 aliphatic heterocycles. The van der Waals surface area contributed by atoms with Crippen molar-refractivity contribution in [2.45, 2.75) is 57.5 Å². The number of anilines is 2. The first kappa shape index (κ1) is 26.5. The summed E-state index contributed by atoms with van der Waals surface area (Å²) in [5, 5.41) is 10.9. The third kappa shape index (κ3) is 5.80. The molecule has 2 aliphatic rings. The van der Waals surface area contributed by atoms with E-state index in [1.165, 1.54) is 12.1 Å². The quantitative estimate of drug-likeness (QED) is 0.286. The zero-order valence-corrected chi connectivity index (χ0v) is 22.8. The average Bonchev–Trinajstić information content (AvgIpc) is 3.20. The van der Waals surface area contributed by atoms with Gasteiger partial charge in [-0.1, -0.05) is 25.7 Å². The third-order valence-corrected chi connectivity index (χ3v) is 8.97. The Morgan fingerprint density at radius 2 is 1.97 bits per heavy atom. The van der Waals surface area contributed by atoms with Crippen molar-refractivity contribution >= 4 is 36.5 Å². The maximum Gasteiger partial charge on any atom is 0.416 e. The first-order chi connectivity index (χ1) is 17.9. The van der Waals surface area contributed by atoms with Gasteiger partial charge in [-0.25, -0.2) is 14.5 Å². The van der Waals surface area contributed by atoms with E-state index in [1.807, 2.05) is 12.3 Å². The number of urea groups is 1. The zero-order valence-electron chi connectivity index (χ0n) is 21.8. The lowest BCUT2D eigenvalue weighted by molar-refractivity contribution is -0.137. The normalized spacial score (nSPS) is 17.4. The number of halogens is 3. The summed E-state index contributed by atoms with van der Waals surface area (Å²) in [6.07, 6.45) is 0.848. The number of fused-ring (bicyclic) bond motifs is 1. The molecule has 5 rings (SSSR count). The molecule has 8 nitrogen and oxygen atoms in total. The number of nitrogens with zero attached hydrogens (tertiary/aromatic N) is 4. The van der Waals surface area contributed by atoms with Crippen molar-refractivity contribution in [1.29, 1.82) is 0 Å². The van der Waals surface area contributed by atoms with E-state index in [0.717, 1.165) is 67.4 Å². The number of ether oxygens (including phenoxy) is 1. The Bertz CT molecular complexity index is 1310. The molecule has 2 aromatic heterocycles. The van der Waals surface area contributed by atoms with Crippen molar-refractivity contribution in [3.63, 3.8) is 0 Å². The molecule has 2 fully saturated rings. The number of amides is 2. The summed E-state index contributed by atoms with van der Waals surface area (Å²) >= 11 is 0. The van der Waals surface area contributed by atoms with Crippen LogP contribution in [0.5, 0.6) is 0 Å². The number of rotatable bonds is 8. The second kappa shape index (κ2) is 9.88. The fourth-order valence-corrected chi connectivity index (χ4v) is 6.03. The Morgan fingerprint density at radius 1 is 1.21 bits per heavy atom.